The van der Waals surface area contributed by atoms with E-state index in [-0.39, 0.29) is 16.7 Å². The molecule has 0 fully saturated rings. The van der Waals surface area contributed by atoms with Crippen LogP contribution in [0.25, 0.3) is 0 Å². The first-order valence-corrected chi connectivity index (χ1v) is 9.19. The Labute approximate surface area is 190 Å². The Balaban J connectivity index is 0.000000270. The Morgan fingerprint density at radius 1 is 0.794 bits per heavy atom. The summed E-state index contributed by atoms with van der Waals surface area (Å²) in [5.74, 6) is -7.52. The van der Waals surface area contributed by atoms with Crippen molar-refractivity contribution < 1.29 is 57.2 Å². The third-order valence-corrected chi connectivity index (χ3v) is 4.01. The molecule has 1 aliphatic heterocycles. The van der Waals surface area contributed by atoms with Crippen molar-refractivity contribution in [3.63, 3.8) is 0 Å². The van der Waals surface area contributed by atoms with Crippen molar-refractivity contribution in [1.82, 2.24) is 0 Å². The molecule has 2 N–H and O–H groups in total. The van der Waals surface area contributed by atoms with E-state index < -0.39 is 58.6 Å². The van der Waals surface area contributed by atoms with Gasteiger partial charge >= 0.3 is 35.8 Å². The minimum absolute atomic E-state index is 0.00750. The predicted molar refractivity (Wildman–Crippen MR) is 108 cm³/mol. The number of ether oxygens (including phenoxy) is 2. The van der Waals surface area contributed by atoms with Gasteiger partial charge in [0.15, 0.2) is 0 Å². The van der Waals surface area contributed by atoms with E-state index in [4.69, 9.17) is 10.2 Å². The average molecular weight is 480 g/mol. The van der Waals surface area contributed by atoms with E-state index in [2.05, 4.69) is 9.47 Å². The molecule has 0 aromatic heterocycles. The minimum Gasteiger partial charge on any atom is -0.478 e. The fourth-order valence-corrected chi connectivity index (χ4v) is 2.51. The second kappa shape index (κ2) is 11.4. The molecular weight excluding hydrogens is 462 g/mol. The van der Waals surface area contributed by atoms with E-state index in [1.54, 1.807) is 0 Å². The molecule has 12 heteroatoms. The van der Waals surface area contributed by atoms with Gasteiger partial charge in [0.1, 0.15) is 22.8 Å². The zero-order valence-electron chi connectivity index (χ0n) is 18.2. The summed E-state index contributed by atoms with van der Waals surface area (Å²) >= 11 is 0. The molecule has 2 aromatic carbocycles. The Morgan fingerprint density at radius 2 is 1.29 bits per heavy atom. The lowest BCUT2D eigenvalue weighted by atomic mass is 10.0. The first kappa shape index (κ1) is 27.6. The number of rotatable bonds is 2. The summed E-state index contributed by atoms with van der Waals surface area (Å²) in [5, 5.41) is 17.2. The number of carbonyl (C=O) groups excluding carboxylic acids is 4. The van der Waals surface area contributed by atoms with Crippen molar-refractivity contribution in [1.29, 1.82) is 0 Å². The topological polar surface area (TPSA) is 161 Å². The number of carboxylic acids is 2. The Hall–Kier alpha value is -4.48. The standard InChI is InChI=1S/C9H7FO4.C9H5FO3.C4H6O3/c1-4-2-3-5(8(11)12)6(7(4)10)9(13)14;1-4-2-3-5-6(7(4)10)9(12)13-8(5)11;1-3(5)7-4(2)6/h2-3H,1H3,(H,11,12)(H,13,14);2-3H,1H3;1-2H3. The van der Waals surface area contributed by atoms with Crippen molar-refractivity contribution in [2.45, 2.75) is 27.7 Å². The Morgan fingerprint density at radius 3 is 1.74 bits per heavy atom. The summed E-state index contributed by atoms with van der Waals surface area (Å²) in [5.41, 5.74) is -1.14. The second-order valence-corrected chi connectivity index (χ2v) is 6.61. The van der Waals surface area contributed by atoms with Crippen molar-refractivity contribution >= 4 is 35.8 Å². The van der Waals surface area contributed by atoms with E-state index in [9.17, 15) is 37.5 Å². The summed E-state index contributed by atoms with van der Waals surface area (Å²) < 4.78 is 34.7. The summed E-state index contributed by atoms with van der Waals surface area (Å²) in [6.07, 6.45) is 0. The number of aromatic carboxylic acids is 2. The molecule has 0 bridgehead atoms. The van der Waals surface area contributed by atoms with E-state index in [0.717, 1.165) is 6.07 Å². The molecule has 3 rings (SSSR count). The van der Waals surface area contributed by atoms with Gasteiger partial charge in [-0.15, -0.1) is 0 Å². The highest BCUT2D eigenvalue weighted by Gasteiger charge is 2.33. The molecule has 0 aliphatic carbocycles. The molecule has 0 saturated heterocycles. The lowest BCUT2D eigenvalue weighted by Gasteiger charge is -2.04. The molecule has 0 radical (unpaired) electrons. The van der Waals surface area contributed by atoms with Gasteiger partial charge in [-0.1, -0.05) is 12.1 Å². The minimum atomic E-state index is -1.58. The maximum absolute atomic E-state index is 13.3. The molecule has 0 spiro atoms. The van der Waals surface area contributed by atoms with Gasteiger partial charge in [-0.25, -0.2) is 28.0 Å². The zero-order chi connectivity index (χ0) is 26.3. The fraction of sp³-hybridized carbons (Fsp3) is 0.182. The molecular formula is C22H18F2O10. The van der Waals surface area contributed by atoms with Gasteiger partial charge in [-0.05, 0) is 37.1 Å². The molecule has 0 atom stereocenters. The SMILES string of the molecule is CC(=O)OC(C)=O.Cc1ccc(C(=O)O)c(C(=O)O)c1F.Cc1ccc2c(c1F)C(=O)OC2=O. The number of cyclic esters (lactones) is 2. The summed E-state index contributed by atoms with van der Waals surface area (Å²) in [4.78, 5) is 62.7. The first-order chi connectivity index (χ1) is 15.7. The van der Waals surface area contributed by atoms with Crippen LogP contribution < -0.4 is 0 Å². The molecule has 10 nitrogen and oxygen atoms in total. The number of carboxylic acid groups (broad SMARTS) is 2. The number of hydrogen-bond donors (Lipinski definition) is 2. The summed E-state index contributed by atoms with van der Waals surface area (Å²) in [7, 11) is 0. The van der Waals surface area contributed by atoms with Crippen LogP contribution in [-0.2, 0) is 19.1 Å². The van der Waals surface area contributed by atoms with Crippen molar-refractivity contribution in [3.8, 4) is 0 Å². The van der Waals surface area contributed by atoms with Gasteiger partial charge in [-0.3, -0.25) is 9.59 Å². The van der Waals surface area contributed by atoms with Crippen molar-refractivity contribution in [2.75, 3.05) is 0 Å². The number of carbonyl (C=O) groups is 6. The van der Waals surface area contributed by atoms with Gasteiger partial charge in [0, 0.05) is 13.8 Å². The molecule has 1 heterocycles. The van der Waals surface area contributed by atoms with E-state index >= 15 is 0 Å². The lowest BCUT2D eigenvalue weighted by Crippen LogP contribution is -2.11. The van der Waals surface area contributed by atoms with E-state index in [1.807, 2.05) is 0 Å². The largest absolute Gasteiger partial charge is 0.478 e. The van der Waals surface area contributed by atoms with Crippen LogP contribution in [0.2, 0.25) is 0 Å². The third-order valence-electron chi connectivity index (χ3n) is 4.01. The molecule has 2 aromatic rings. The van der Waals surface area contributed by atoms with Gasteiger partial charge in [0.05, 0.1) is 11.1 Å². The van der Waals surface area contributed by atoms with Gasteiger partial charge in [0.2, 0.25) is 0 Å². The van der Waals surface area contributed by atoms with Crippen molar-refractivity contribution in [2.24, 2.45) is 0 Å². The number of aryl methyl sites for hydroxylation is 2. The fourth-order valence-electron chi connectivity index (χ4n) is 2.51. The highest BCUT2D eigenvalue weighted by atomic mass is 19.1. The normalized spacial score (nSPS) is 11.1. The number of benzene rings is 2. The van der Waals surface area contributed by atoms with Gasteiger partial charge < -0.3 is 19.7 Å². The van der Waals surface area contributed by atoms with Gasteiger partial charge in [-0.2, -0.15) is 0 Å². The smallest absolute Gasteiger partial charge is 0.349 e. The van der Waals surface area contributed by atoms with Crippen LogP contribution >= 0.6 is 0 Å². The Bertz CT molecular complexity index is 1190. The number of fused-ring (bicyclic) bond motifs is 1. The molecule has 1 aliphatic rings. The maximum atomic E-state index is 13.3. The maximum Gasteiger partial charge on any atom is 0.349 e. The lowest BCUT2D eigenvalue weighted by molar-refractivity contribution is -0.156. The molecule has 0 unspecified atom stereocenters. The predicted octanol–water partition coefficient (Wildman–Crippen LogP) is 3.07. The quantitative estimate of drug-likeness (QED) is 0.483. The first-order valence-electron chi connectivity index (χ1n) is 9.19. The number of hydrogen-bond acceptors (Lipinski definition) is 8. The molecule has 0 amide bonds. The van der Waals surface area contributed by atoms with Crippen molar-refractivity contribution in [3.05, 3.63) is 69.3 Å². The summed E-state index contributed by atoms with van der Waals surface area (Å²) in [6.45, 7) is 5.25. The number of esters is 4. The molecule has 34 heavy (non-hydrogen) atoms. The molecule has 0 saturated carbocycles. The van der Waals surface area contributed by atoms with Gasteiger partial charge in [0.25, 0.3) is 0 Å². The summed E-state index contributed by atoms with van der Waals surface area (Å²) in [6, 6.07) is 5.13. The van der Waals surface area contributed by atoms with Crippen LogP contribution in [0.15, 0.2) is 24.3 Å². The van der Waals surface area contributed by atoms with E-state index in [0.29, 0.717) is 5.56 Å². The number of halogens is 2. The Kier molecular flexibility index (Phi) is 9.24. The van der Waals surface area contributed by atoms with Crippen LogP contribution in [0, 0.1) is 25.5 Å². The monoisotopic (exact) mass is 480 g/mol. The average Bonchev–Trinajstić information content (AvgIpc) is 3.00. The van der Waals surface area contributed by atoms with Crippen LogP contribution in [0.4, 0.5) is 8.78 Å². The highest BCUT2D eigenvalue weighted by Crippen LogP contribution is 2.24. The highest BCUT2D eigenvalue weighted by molar-refractivity contribution is 6.14. The van der Waals surface area contributed by atoms with E-state index in [1.165, 1.54) is 45.9 Å². The van der Waals surface area contributed by atoms with Crippen LogP contribution in [0.3, 0.4) is 0 Å². The third kappa shape index (κ3) is 6.76. The van der Waals surface area contributed by atoms with Crippen LogP contribution in [0.5, 0.6) is 0 Å². The van der Waals surface area contributed by atoms with Crippen LogP contribution in [-0.4, -0.2) is 46.0 Å². The second-order valence-electron chi connectivity index (χ2n) is 6.61. The zero-order valence-corrected chi connectivity index (χ0v) is 18.2. The van der Waals surface area contributed by atoms with Crippen LogP contribution in [0.1, 0.15) is 66.4 Å². The molecule has 180 valence electrons.